The molecule has 2 aromatic rings. The largest absolute Gasteiger partial charge is 0.353 e. The van der Waals surface area contributed by atoms with Crippen molar-refractivity contribution >= 4 is 16.6 Å². The van der Waals surface area contributed by atoms with Crippen molar-refractivity contribution in [1.82, 2.24) is 4.98 Å². The van der Waals surface area contributed by atoms with Crippen LogP contribution >= 0.6 is 0 Å². The third kappa shape index (κ3) is 1.21. The molecular weight excluding hydrogens is 184 g/mol. The number of benzene rings is 1. The van der Waals surface area contributed by atoms with Gasteiger partial charge in [0.05, 0.1) is 17.4 Å². The normalized spacial score (nSPS) is 20.1. The van der Waals surface area contributed by atoms with Gasteiger partial charge in [0.2, 0.25) is 0 Å². The summed E-state index contributed by atoms with van der Waals surface area (Å²) < 4.78 is 0. The Morgan fingerprint density at radius 3 is 3.00 bits per heavy atom. The number of fused-ring (bicyclic) bond motifs is 3. The number of hydrogen-bond acceptors (Lipinski definition) is 1. The molecule has 0 fully saturated rings. The summed E-state index contributed by atoms with van der Waals surface area (Å²) in [7, 11) is 0. The molecular formula is C13H14N2. The van der Waals surface area contributed by atoms with Gasteiger partial charge in [-0.2, -0.15) is 0 Å². The van der Waals surface area contributed by atoms with Gasteiger partial charge in [-0.1, -0.05) is 18.2 Å². The molecule has 76 valence electrons. The van der Waals surface area contributed by atoms with Crippen molar-refractivity contribution in [2.24, 2.45) is 4.99 Å². The van der Waals surface area contributed by atoms with E-state index in [2.05, 4.69) is 48.1 Å². The molecule has 1 aromatic heterocycles. The van der Waals surface area contributed by atoms with Crippen LogP contribution in [0.1, 0.15) is 25.1 Å². The number of nitrogens with zero attached hydrogens (tertiary/aromatic N) is 1. The lowest BCUT2D eigenvalue weighted by atomic mass is 9.99. The standard InChI is InChI=1S/C13H14N2/c1-8-7-11-10-5-3-4-6-12(10)15-13(11)9(2)14-8/h3-6,8,15H,7H2,1-2H3/t8-/m1/s1. The van der Waals surface area contributed by atoms with Gasteiger partial charge in [-0.05, 0) is 31.9 Å². The van der Waals surface area contributed by atoms with Gasteiger partial charge < -0.3 is 4.98 Å². The Morgan fingerprint density at radius 2 is 2.13 bits per heavy atom. The fourth-order valence-corrected chi connectivity index (χ4v) is 2.46. The number of para-hydroxylation sites is 1. The minimum Gasteiger partial charge on any atom is -0.353 e. The Morgan fingerprint density at radius 1 is 1.33 bits per heavy atom. The lowest BCUT2D eigenvalue weighted by molar-refractivity contribution is 0.729. The Labute approximate surface area is 89.0 Å². The fourth-order valence-electron chi connectivity index (χ4n) is 2.46. The molecule has 0 bridgehead atoms. The van der Waals surface area contributed by atoms with Gasteiger partial charge in [-0.3, -0.25) is 4.99 Å². The summed E-state index contributed by atoms with van der Waals surface area (Å²) in [5, 5.41) is 1.36. The van der Waals surface area contributed by atoms with E-state index in [0.29, 0.717) is 6.04 Å². The maximum atomic E-state index is 4.60. The molecule has 2 heteroatoms. The fraction of sp³-hybridized carbons (Fsp3) is 0.308. The van der Waals surface area contributed by atoms with E-state index in [4.69, 9.17) is 0 Å². The predicted molar refractivity (Wildman–Crippen MR) is 63.7 cm³/mol. The molecule has 1 N–H and O–H groups in total. The first kappa shape index (κ1) is 8.72. The number of aliphatic imine (C=N–C) groups is 1. The van der Waals surface area contributed by atoms with Gasteiger partial charge >= 0.3 is 0 Å². The van der Waals surface area contributed by atoms with E-state index >= 15 is 0 Å². The molecule has 0 saturated heterocycles. The Hall–Kier alpha value is -1.57. The van der Waals surface area contributed by atoms with Crippen LogP contribution in [0.2, 0.25) is 0 Å². The molecule has 0 amide bonds. The van der Waals surface area contributed by atoms with Crippen molar-refractivity contribution in [3.63, 3.8) is 0 Å². The molecule has 0 spiro atoms. The summed E-state index contributed by atoms with van der Waals surface area (Å²) >= 11 is 0. The van der Waals surface area contributed by atoms with Gasteiger partial charge in [0, 0.05) is 10.9 Å². The van der Waals surface area contributed by atoms with E-state index in [1.165, 1.54) is 22.2 Å². The molecule has 1 atom stereocenters. The number of H-pyrrole nitrogens is 1. The average Bonchev–Trinajstić information content (AvgIpc) is 2.57. The van der Waals surface area contributed by atoms with Crippen LogP contribution in [-0.4, -0.2) is 16.7 Å². The van der Waals surface area contributed by atoms with Crippen LogP contribution in [0.25, 0.3) is 10.9 Å². The van der Waals surface area contributed by atoms with Crippen LogP contribution in [0, 0.1) is 0 Å². The molecule has 1 aromatic carbocycles. The van der Waals surface area contributed by atoms with Crippen molar-refractivity contribution < 1.29 is 0 Å². The van der Waals surface area contributed by atoms with E-state index < -0.39 is 0 Å². The Bertz CT molecular complexity index is 549. The van der Waals surface area contributed by atoms with E-state index in [1.54, 1.807) is 0 Å². The van der Waals surface area contributed by atoms with Crippen LogP contribution in [0.5, 0.6) is 0 Å². The molecule has 0 unspecified atom stereocenters. The third-order valence-electron chi connectivity index (χ3n) is 3.09. The summed E-state index contributed by atoms with van der Waals surface area (Å²) in [6.07, 6.45) is 1.05. The first-order valence-corrected chi connectivity index (χ1v) is 5.40. The predicted octanol–water partition coefficient (Wildman–Crippen LogP) is 2.92. The van der Waals surface area contributed by atoms with Crippen molar-refractivity contribution in [2.45, 2.75) is 26.3 Å². The van der Waals surface area contributed by atoms with E-state index in [-0.39, 0.29) is 0 Å². The number of hydrogen-bond donors (Lipinski definition) is 1. The van der Waals surface area contributed by atoms with Crippen LogP contribution in [0.15, 0.2) is 29.3 Å². The second kappa shape index (κ2) is 2.96. The van der Waals surface area contributed by atoms with Gasteiger partial charge in [0.25, 0.3) is 0 Å². The van der Waals surface area contributed by atoms with Crippen molar-refractivity contribution in [2.75, 3.05) is 0 Å². The van der Waals surface area contributed by atoms with Crippen molar-refractivity contribution in [3.05, 3.63) is 35.5 Å². The van der Waals surface area contributed by atoms with Crippen LogP contribution in [-0.2, 0) is 6.42 Å². The first-order valence-electron chi connectivity index (χ1n) is 5.40. The molecule has 0 saturated carbocycles. The highest BCUT2D eigenvalue weighted by atomic mass is 14.9. The molecule has 1 aliphatic heterocycles. The van der Waals surface area contributed by atoms with Gasteiger partial charge in [0.15, 0.2) is 0 Å². The number of nitrogens with one attached hydrogen (secondary N) is 1. The van der Waals surface area contributed by atoms with Gasteiger partial charge in [-0.15, -0.1) is 0 Å². The molecule has 0 radical (unpaired) electrons. The minimum absolute atomic E-state index is 0.414. The summed E-state index contributed by atoms with van der Waals surface area (Å²) in [6.45, 7) is 4.26. The molecule has 2 heterocycles. The summed E-state index contributed by atoms with van der Waals surface area (Å²) in [6, 6.07) is 8.90. The van der Waals surface area contributed by atoms with E-state index in [9.17, 15) is 0 Å². The van der Waals surface area contributed by atoms with Gasteiger partial charge in [0.1, 0.15) is 0 Å². The zero-order valence-electron chi connectivity index (χ0n) is 9.04. The molecule has 0 aliphatic carbocycles. The minimum atomic E-state index is 0.414. The maximum Gasteiger partial charge on any atom is 0.0635 e. The highest BCUT2D eigenvalue weighted by Crippen LogP contribution is 2.27. The number of aromatic nitrogens is 1. The summed E-state index contributed by atoms with van der Waals surface area (Å²) in [5.41, 5.74) is 5.03. The second-order valence-corrected chi connectivity index (χ2v) is 4.29. The van der Waals surface area contributed by atoms with Crippen molar-refractivity contribution in [1.29, 1.82) is 0 Å². The topological polar surface area (TPSA) is 28.1 Å². The third-order valence-corrected chi connectivity index (χ3v) is 3.09. The van der Waals surface area contributed by atoms with Gasteiger partial charge in [-0.25, -0.2) is 0 Å². The van der Waals surface area contributed by atoms with E-state index in [0.717, 1.165) is 12.1 Å². The first-order chi connectivity index (χ1) is 7.25. The van der Waals surface area contributed by atoms with Crippen LogP contribution in [0.4, 0.5) is 0 Å². The quantitative estimate of drug-likeness (QED) is 0.674. The Kier molecular flexibility index (Phi) is 1.72. The van der Waals surface area contributed by atoms with Crippen LogP contribution in [0.3, 0.4) is 0 Å². The van der Waals surface area contributed by atoms with Crippen LogP contribution < -0.4 is 0 Å². The number of rotatable bonds is 0. The molecule has 3 rings (SSSR count). The van der Waals surface area contributed by atoms with E-state index in [1.807, 2.05) is 0 Å². The summed E-state index contributed by atoms with van der Waals surface area (Å²) in [4.78, 5) is 8.06. The number of aromatic amines is 1. The second-order valence-electron chi connectivity index (χ2n) is 4.29. The lowest BCUT2D eigenvalue weighted by Crippen LogP contribution is -2.15. The monoisotopic (exact) mass is 198 g/mol. The average molecular weight is 198 g/mol. The Balaban J connectivity index is 2.34. The highest BCUT2D eigenvalue weighted by Gasteiger charge is 2.19. The maximum absolute atomic E-state index is 4.60. The molecule has 15 heavy (non-hydrogen) atoms. The smallest absolute Gasteiger partial charge is 0.0635 e. The lowest BCUT2D eigenvalue weighted by Gasteiger charge is -2.15. The molecule has 1 aliphatic rings. The highest BCUT2D eigenvalue weighted by molar-refractivity contribution is 6.05. The zero-order chi connectivity index (χ0) is 10.4. The summed E-state index contributed by atoms with van der Waals surface area (Å²) in [5.74, 6) is 0. The molecule has 2 nitrogen and oxygen atoms in total. The van der Waals surface area contributed by atoms with Crippen molar-refractivity contribution in [3.8, 4) is 0 Å². The zero-order valence-corrected chi connectivity index (χ0v) is 9.04. The SMILES string of the molecule is CC1=N[C@H](C)Cc2c1[nH]c1ccccc21.